The minimum atomic E-state index is 0.0525. The van der Waals surface area contributed by atoms with Crippen LogP contribution in [0.1, 0.15) is 32.7 Å². The van der Waals surface area contributed by atoms with Gasteiger partial charge in [0.15, 0.2) is 0 Å². The van der Waals surface area contributed by atoms with Crippen LogP contribution in [0.25, 0.3) is 0 Å². The first-order valence-electron chi connectivity index (χ1n) is 6.24. The molecular weight excluding hydrogens is 216 g/mol. The van der Waals surface area contributed by atoms with Crippen molar-refractivity contribution >= 4 is 5.69 Å². The standard InChI is InChI=1S/C13H20N2O2/c1-10(2)14-12-6-3-7-15(13(12)16)11-5-4-8-17-9-11/h3,6-7,10-11,14H,4-5,8-9H2,1-2H3/t11-/m0/s1. The Balaban J connectivity index is 2.25. The SMILES string of the molecule is CC(C)Nc1cccn([C@H]2CCCOC2)c1=O. The van der Waals surface area contributed by atoms with Gasteiger partial charge in [0.1, 0.15) is 5.69 Å². The second-order valence-electron chi connectivity index (χ2n) is 4.80. The van der Waals surface area contributed by atoms with Crippen LogP contribution in [0.5, 0.6) is 0 Å². The first-order valence-corrected chi connectivity index (χ1v) is 6.24. The lowest BCUT2D eigenvalue weighted by molar-refractivity contribution is 0.0580. The molecule has 0 spiro atoms. The summed E-state index contributed by atoms with van der Waals surface area (Å²) >= 11 is 0. The molecule has 2 heterocycles. The molecule has 94 valence electrons. The topological polar surface area (TPSA) is 43.3 Å². The number of nitrogens with one attached hydrogen (secondary N) is 1. The number of rotatable bonds is 3. The summed E-state index contributed by atoms with van der Waals surface area (Å²) in [5.41, 5.74) is 0.727. The summed E-state index contributed by atoms with van der Waals surface area (Å²) in [6.45, 7) is 5.52. The van der Waals surface area contributed by atoms with E-state index >= 15 is 0 Å². The largest absolute Gasteiger partial charge is 0.379 e. The zero-order chi connectivity index (χ0) is 12.3. The first kappa shape index (κ1) is 12.2. The minimum Gasteiger partial charge on any atom is -0.379 e. The van der Waals surface area contributed by atoms with Gasteiger partial charge in [-0.3, -0.25) is 4.79 Å². The van der Waals surface area contributed by atoms with Gasteiger partial charge in [0.05, 0.1) is 12.6 Å². The van der Waals surface area contributed by atoms with Crippen LogP contribution in [-0.2, 0) is 4.74 Å². The van der Waals surface area contributed by atoms with Crippen molar-refractivity contribution in [3.8, 4) is 0 Å². The smallest absolute Gasteiger partial charge is 0.274 e. The molecule has 1 aromatic heterocycles. The molecule has 4 heteroatoms. The molecular formula is C13H20N2O2. The molecule has 1 atom stereocenters. The van der Waals surface area contributed by atoms with E-state index in [1.54, 1.807) is 4.57 Å². The highest BCUT2D eigenvalue weighted by molar-refractivity contribution is 5.41. The Bertz CT molecular complexity index is 420. The summed E-state index contributed by atoms with van der Waals surface area (Å²) in [5, 5.41) is 3.18. The Morgan fingerprint density at radius 3 is 3.00 bits per heavy atom. The Labute approximate surface area is 102 Å². The molecule has 0 amide bonds. The van der Waals surface area contributed by atoms with Crippen molar-refractivity contribution in [3.63, 3.8) is 0 Å². The van der Waals surface area contributed by atoms with Crippen molar-refractivity contribution < 1.29 is 4.74 Å². The van der Waals surface area contributed by atoms with Crippen molar-refractivity contribution in [1.29, 1.82) is 0 Å². The summed E-state index contributed by atoms with van der Waals surface area (Å²) in [5.74, 6) is 0. The summed E-state index contributed by atoms with van der Waals surface area (Å²) in [7, 11) is 0. The molecule has 2 rings (SSSR count). The third-order valence-corrected chi connectivity index (χ3v) is 2.95. The minimum absolute atomic E-state index is 0.0525. The number of pyridine rings is 1. The zero-order valence-corrected chi connectivity index (χ0v) is 10.5. The van der Waals surface area contributed by atoms with Crippen LogP contribution in [0.2, 0.25) is 0 Å². The van der Waals surface area contributed by atoms with Crippen LogP contribution < -0.4 is 10.9 Å². The molecule has 1 fully saturated rings. The number of anilines is 1. The predicted molar refractivity (Wildman–Crippen MR) is 68.6 cm³/mol. The number of hydrogen-bond acceptors (Lipinski definition) is 3. The van der Waals surface area contributed by atoms with Gasteiger partial charge in [0.25, 0.3) is 5.56 Å². The molecule has 0 bridgehead atoms. The third-order valence-electron chi connectivity index (χ3n) is 2.95. The monoisotopic (exact) mass is 236 g/mol. The van der Waals surface area contributed by atoms with Gasteiger partial charge < -0.3 is 14.6 Å². The molecule has 0 aromatic carbocycles. The molecule has 0 unspecified atom stereocenters. The predicted octanol–water partition coefficient (Wildman–Crippen LogP) is 2.02. The molecule has 1 aromatic rings. The lowest BCUT2D eigenvalue weighted by Gasteiger charge is -2.24. The maximum Gasteiger partial charge on any atom is 0.274 e. The maximum absolute atomic E-state index is 12.2. The summed E-state index contributed by atoms with van der Waals surface area (Å²) in [6.07, 6.45) is 3.90. The number of nitrogens with zero attached hydrogens (tertiary/aromatic N) is 1. The van der Waals surface area contributed by atoms with E-state index in [4.69, 9.17) is 4.74 Å². The Morgan fingerprint density at radius 1 is 1.53 bits per heavy atom. The fraction of sp³-hybridized carbons (Fsp3) is 0.615. The van der Waals surface area contributed by atoms with E-state index in [1.807, 2.05) is 32.2 Å². The van der Waals surface area contributed by atoms with Gasteiger partial charge in [-0.15, -0.1) is 0 Å². The van der Waals surface area contributed by atoms with Crippen LogP contribution in [0.3, 0.4) is 0 Å². The highest BCUT2D eigenvalue weighted by Crippen LogP contribution is 2.18. The fourth-order valence-corrected chi connectivity index (χ4v) is 2.16. The van der Waals surface area contributed by atoms with Gasteiger partial charge in [-0.25, -0.2) is 0 Å². The molecule has 1 aliphatic heterocycles. The quantitative estimate of drug-likeness (QED) is 0.873. The van der Waals surface area contributed by atoms with Gasteiger partial charge in [0.2, 0.25) is 0 Å². The van der Waals surface area contributed by atoms with E-state index in [0.29, 0.717) is 12.3 Å². The van der Waals surface area contributed by atoms with E-state index in [1.165, 1.54) is 0 Å². The van der Waals surface area contributed by atoms with E-state index in [0.717, 1.165) is 19.4 Å². The highest BCUT2D eigenvalue weighted by Gasteiger charge is 2.17. The van der Waals surface area contributed by atoms with E-state index in [2.05, 4.69) is 5.32 Å². The van der Waals surface area contributed by atoms with E-state index < -0.39 is 0 Å². The lowest BCUT2D eigenvalue weighted by atomic mass is 10.1. The van der Waals surface area contributed by atoms with Gasteiger partial charge in [-0.1, -0.05) is 0 Å². The Kier molecular flexibility index (Phi) is 3.84. The molecule has 1 N–H and O–H groups in total. The van der Waals surface area contributed by atoms with Gasteiger partial charge in [0, 0.05) is 18.8 Å². The summed E-state index contributed by atoms with van der Waals surface area (Å²) in [6, 6.07) is 4.20. The molecule has 0 saturated carbocycles. The molecule has 1 saturated heterocycles. The number of hydrogen-bond donors (Lipinski definition) is 1. The van der Waals surface area contributed by atoms with Crippen LogP contribution in [0, 0.1) is 0 Å². The van der Waals surface area contributed by atoms with E-state index in [9.17, 15) is 4.79 Å². The van der Waals surface area contributed by atoms with Crippen LogP contribution in [-0.4, -0.2) is 23.8 Å². The normalized spacial score (nSPS) is 20.5. The maximum atomic E-state index is 12.2. The van der Waals surface area contributed by atoms with Crippen molar-refractivity contribution in [2.75, 3.05) is 18.5 Å². The molecule has 4 nitrogen and oxygen atoms in total. The second kappa shape index (κ2) is 5.36. The molecule has 17 heavy (non-hydrogen) atoms. The molecule has 0 radical (unpaired) electrons. The van der Waals surface area contributed by atoms with Crippen molar-refractivity contribution in [1.82, 2.24) is 4.57 Å². The highest BCUT2D eigenvalue weighted by atomic mass is 16.5. The Hall–Kier alpha value is -1.29. The number of aromatic nitrogens is 1. The third kappa shape index (κ3) is 2.88. The zero-order valence-electron chi connectivity index (χ0n) is 10.5. The second-order valence-corrected chi connectivity index (χ2v) is 4.80. The number of ether oxygens (including phenoxy) is 1. The van der Waals surface area contributed by atoms with Crippen LogP contribution >= 0.6 is 0 Å². The van der Waals surface area contributed by atoms with Crippen LogP contribution in [0.15, 0.2) is 23.1 Å². The van der Waals surface area contributed by atoms with Crippen molar-refractivity contribution in [2.24, 2.45) is 0 Å². The first-order chi connectivity index (χ1) is 8.18. The average Bonchev–Trinajstić information content (AvgIpc) is 2.32. The van der Waals surface area contributed by atoms with Gasteiger partial charge in [-0.2, -0.15) is 0 Å². The molecule has 0 aliphatic carbocycles. The summed E-state index contributed by atoms with van der Waals surface area (Å²) < 4.78 is 7.23. The molecule has 1 aliphatic rings. The van der Waals surface area contributed by atoms with Crippen molar-refractivity contribution in [2.45, 2.75) is 38.8 Å². The average molecular weight is 236 g/mol. The fourth-order valence-electron chi connectivity index (χ4n) is 2.16. The van der Waals surface area contributed by atoms with E-state index in [-0.39, 0.29) is 17.6 Å². The van der Waals surface area contributed by atoms with Crippen LogP contribution in [0.4, 0.5) is 5.69 Å². The summed E-state index contributed by atoms with van der Waals surface area (Å²) in [4.78, 5) is 12.2. The van der Waals surface area contributed by atoms with Gasteiger partial charge in [-0.05, 0) is 38.8 Å². The van der Waals surface area contributed by atoms with Gasteiger partial charge >= 0.3 is 0 Å². The van der Waals surface area contributed by atoms with Crippen molar-refractivity contribution in [3.05, 3.63) is 28.7 Å². The Morgan fingerprint density at radius 2 is 2.35 bits per heavy atom. The lowest BCUT2D eigenvalue weighted by Crippen LogP contribution is -2.32.